The molecule has 2 aromatic rings. The molecule has 0 bridgehead atoms. The van der Waals surface area contributed by atoms with Crippen LogP contribution in [0.3, 0.4) is 0 Å². The molecule has 0 aliphatic carbocycles. The predicted molar refractivity (Wildman–Crippen MR) is 89.0 cm³/mol. The fourth-order valence-electron chi connectivity index (χ4n) is 1.99. The second kappa shape index (κ2) is 6.48. The summed E-state index contributed by atoms with van der Waals surface area (Å²) in [6.07, 6.45) is 0. The Balaban J connectivity index is 2.39. The summed E-state index contributed by atoms with van der Waals surface area (Å²) >= 11 is 9.35. The molecule has 0 heterocycles. The van der Waals surface area contributed by atoms with Crippen LogP contribution in [0.4, 0.5) is 0 Å². The first kappa shape index (κ1) is 16.5. The van der Waals surface area contributed by atoms with Gasteiger partial charge in [0.1, 0.15) is 4.90 Å². The quantitative estimate of drug-likeness (QED) is 0.774. The van der Waals surface area contributed by atoms with Crippen LogP contribution in [0.2, 0.25) is 5.02 Å². The first-order valence-electron chi connectivity index (χ1n) is 6.32. The van der Waals surface area contributed by atoms with Crippen LogP contribution < -0.4 is 0 Å². The van der Waals surface area contributed by atoms with Crippen LogP contribution in [-0.4, -0.2) is 19.8 Å². The van der Waals surface area contributed by atoms with Crippen molar-refractivity contribution in [3.05, 3.63) is 63.6 Å². The van der Waals surface area contributed by atoms with E-state index in [9.17, 15) is 8.42 Å². The lowest BCUT2D eigenvalue weighted by Gasteiger charge is -2.25. The largest absolute Gasteiger partial charge is 0.244 e. The van der Waals surface area contributed by atoms with Gasteiger partial charge in [-0.2, -0.15) is 4.31 Å². The summed E-state index contributed by atoms with van der Waals surface area (Å²) in [5, 5.41) is 0.205. The molecule has 0 amide bonds. The number of rotatable bonds is 4. The first-order chi connectivity index (χ1) is 9.84. The maximum atomic E-state index is 12.7. The molecule has 0 aromatic heterocycles. The van der Waals surface area contributed by atoms with E-state index in [4.69, 9.17) is 11.6 Å². The van der Waals surface area contributed by atoms with Crippen LogP contribution >= 0.6 is 27.5 Å². The molecule has 0 saturated carbocycles. The predicted octanol–water partition coefficient (Wildman–Crippen LogP) is 4.48. The van der Waals surface area contributed by atoms with Crippen LogP contribution in [-0.2, 0) is 10.0 Å². The van der Waals surface area contributed by atoms with E-state index in [-0.39, 0.29) is 16.0 Å². The number of nitrogens with zero attached hydrogens (tertiary/aromatic N) is 1. The number of halogens is 2. The molecule has 0 fully saturated rings. The molecule has 1 unspecified atom stereocenters. The SMILES string of the molecule is CC(c1ccccc1)N(C)S(=O)(=O)c1ccc(Br)cc1Cl. The summed E-state index contributed by atoms with van der Waals surface area (Å²) < 4.78 is 27.5. The van der Waals surface area contributed by atoms with E-state index in [2.05, 4.69) is 15.9 Å². The van der Waals surface area contributed by atoms with Crippen molar-refractivity contribution in [2.24, 2.45) is 0 Å². The molecule has 21 heavy (non-hydrogen) atoms. The monoisotopic (exact) mass is 387 g/mol. The Bertz CT molecular complexity index is 735. The third-order valence-corrected chi connectivity index (χ3v) is 6.28. The van der Waals surface area contributed by atoms with E-state index in [0.717, 1.165) is 10.0 Å². The molecule has 6 heteroatoms. The van der Waals surface area contributed by atoms with Gasteiger partial charge in [0, 0.05) is 17.6 Å². The molecule has 0 spiro atoms. The molecule has 2 aromatic carbocycles. The zero-order valence-electron chi connectivity index (χ0n) is 11.6. The Labute approximate surface area is 138 Å². The molecule has 0 saturated heterocycles. The molecular formula is C15H15BrClNO2S. The lowest BCUT2D eigenvalue weighted by Crippen LogP contribution is -2.30. The van der Waals surface area contributed by atoms with Crippen molar-refractivity contribution in [3.8, 4) is 0 Å². The van der Waals surface area contributed by atoms with Gasteiger partial charge >= 0.3 is 0 Å². The van der Waals surface area contributed by atoms with Crippen LogP contribution in [0.25, 0.3) is 0 Å². The van der Waals surface area contributed by atoms with Gasteiger partial charge in [-0.25, -0.2) is 8.42 Å². The second-order valence-electron chi connectivity index (χ2n) is 4.68. The summed E-state index contributed by atoms with van der Waals surface area (Å²) in [5.41, 5.74) is 0.928. The third-order valence-electron chi connectivity index (χ3n) is 3.38. The Hall–Kier alpha value is -0.880. The molecule has 2 rings (SSSR count). The molecule has 112 valence electrons. The molecule has 0 N–H and O–H groups in total. The standard InChI is InChI=1S/C15H15BrClNO2S/c1-11(12-6-4-3-5-7-12)18(2)21(19,20)15-9-8-13(16)10-14(15)17/h3-11H,1-2H3. The molecule has 0 radical (unpaired) electrons. The fraction of sp³-hybridized carbons (Fsp3) is 0.200. The molecule has 3 nitrogen and oxygen atoms in total. The highest BCUT2D eigenvalue weighted by atomic mass is 79.9. The van der Waals surface area contributed by atoms with Crippen molar-refractivity contribution in [1.29, 1.82) is 0 Å². The second-order valence-corrected chi connectivity index (χ2v) is 7.97. The normalized spacial score (nSPS) is 13.4. The Kier molecular flexibility index (Phi) is 5.09. The fourth-order valence-corrected chi connectivity index (χ4v) is 4.35. The smallest absolute Gasteiger partial charge is 0.207 e. The van der Waals surface area contributed by atoms with Gasteiger partial charge in [-0.1, -0.05) is 57.9 Å². The van der Waals surface area contributed by atoms with Gasteiger partial charge in [-0.05, 0) is 30.7 Å². The maximum Gasteiger partial charge on any atom is 0.244 e. The van der Waals surface area contributed by atoms with E-state index in [1.165, 1.54) is 10.4 Å². The lowest BCUT2D eigenvalue weighted by atomic mass is 10.1. The lowest BCUT2D eigenvalue weighted by molar-refractivity contribution is 0.398. The van der Waals surface area contributed by atoms with Crippen LogP contribution in [0.1, 0.15) is 18.5 Å². The minimum absolute atomic E-state index is 0.109. The van der Waals surface area contributed by atoms with Crippen LogP contribution in [0, 0.1) is 0 Å². The third kappa shape index (κ3) is 3.48. The van der Waals surface area contributed by atoms with Gasteiger partial charge in [-0.3, -0.25) is 0 Å². The average molecular weight is 389 g/mol. The number of hydrogen-bond donors (Lipinski definition) is 0. The van der Waals surface area contributed by atoms with E-state index < -0.39 is 10.0 Å². The van der Waals surface area contributed by atoms with E-state index in [1.54, 1.807) is 19.2 Å². The Morgan fingerprint density at radius 3 is 2.33 bits per heavy atom. The summed E-state index contributed by atoms with van der Waals surface area (Å²) in [4.78, 5) is 0.109. The van der Waals surface area contributed by atoms with E-state index in [1.807, 2.05) is 37.3 Å². The van der Waals surface area contributed by atoms with E-state index >= 15 is 0 Å². The van der Waals surface area contributed by atoms with Gasteiger partial charge in [0.25, 0.3) is 0 Å². The summed E-state index contributed by atoms with van der Waals surface area (Å²) in [7, 11) is -2.09. The highest BCUT2D eigenvalue weighted by Gasteiger charge is 2.28. The maximum absolute atomic E-state index is 12.7. The minimum atomic E-state index is -3.65. The first-order valence-corrected chi connectivity index (χ1v) is 8.93. The average Bonchev–Trinajstić information content (AvgIpc) is 2.46. The molecule has 1 atom stereocenters. The molecule has 0 aliphatic heterocycles. The van der Waals surface area contributed by atoms with Crippen molar-refractivity contribution in [2.45, 2.75) is 17.9 Å². The number of hydrogen-bond acceptors (Lipinski definition) is 2. The van der Waals surface area contributed by atoms with Crippen molar-refractivity contribution >= 4 is 37.6 Å². The summed E-state index contributed by atoms with van der Waals surface area (Å²) in [6.45, 7) is 1.85. The van der Waals surface area contributed by atoms with Gasteiger partial charge in [0.05, 0.1) is 5.02 Å². The summed E-state index contributed by atoms with van der Waals surface area (Å²) in [5.74, 6) is 0. The zero-order chi connectivity index (χ0) is 15.6. The minimum Gasteiger partial charge on any atom is -0.207 e. The topological polar surface area (TPSA) is 37.4 Å². The number of sulfonamides is 1. The van der Waals surface area contributed by atoms with Gasteiger partial charge in [-0.15, -0.1) is 0 Å². The van der Waals surface area contributed by atoms with Gasteiger partial charge in [0.2, 0.25) is 10.0 Å². The highest BCUT2D eigenvalue weighted by Crippen LogP contribution is 2.31. The molecule has 0 aliphatic rings. The Morgan fingerprint density at radius 1 is 1.14 bits per heavy atom. The van der Waals surface area contributed by atoms with Gasteiger partial charge in [0.15, 0.2) is 0 Å². The van der Waals surface area contributed by atoms with Crippen molar-refractivity contribution < 1.29 is 8.42 Å². The highest BCUT2D eigenvalue weighted by molar-refractivity contribution is 9.10. The van der Waals surface area contributed by atoms with Crippen molar-refractivity contribution in [2.75, 3.05) is 7.05 Å². The van der Waals surface area contributed by atoms with Gasteiger partial charge < -0.3 is 0 Å². The molecular weight excluding hydrogens is 374 g/mol. The summed E-state index contributed by atoms with van der Waals surface area (Å²) in [6, 6.07) is 14.0. The van der Waals surface area contributed by atoms with E-state index in [0.29, 0.717) is 0 Å². The van der Waals surface area contributed by atoms with Crippen LogP contribution in [0.15, 0.2) is 57.9 Å². The van der Waals surface area contributed by atoms with Crippen molar-refractivity contribution in [3.63, 3.8) is 0 Å². The van der Waals surface area contributed by atoms with Crippen LogP contribution in [0.5, 0.6) is 0 Å². The van der Waals surface area contributed by atoms with Crippen molar-refractivity contribution in [1.82, 2.24) is 4.31 Å². The Morgan fingerprint density at radius 2 is 1.76 bits per heavy atom. The number of benzene rings is 2. The zero-order valence-corrected chi connectivity index (χ0v) is 14.8.